The van der Waals surface area contributed by atoms with E-state index in [1.165, 1.54) is 0 Å². The van der Waals surface area contributed by atoms with Crippen LogP contribution in [0.5, 0.6) is 0 Å². The van der Waals surface area contributed by atoms with Crippen molar-refractivity contribution in [3.05, 3.63) is 69.7 Å². The molecule has 0 heterocycles. The van der Waals surface area contributed by atoms with Crippen molar-refractivity contribution in [2.45, 2.75) is 12.6 Å². The van der Waals surface area contributed by atoms with E-state index in [-0.39, 0.29) is 12.6 Å². The lowest BCUT2D eigenvalue weighted by molar-refractivity contribution is 0.243. The third-order valence-corrected chi connectivity index (χ3v) is 3.30. The lowest BCUT2D eigenvalue weighted by Gasteiger charge is -2.17. The molecule has 19 heavy (non-hydrogen) atoms. The summed E-state index contributed by atoms with van der Waals surface area (Å²) in [6.07, 6.45) is 0. The predicted molar refractivity (Wildman–Crippen MR) is 79.6 cm³/mol. The minimum absolute atomic E-state index is 0.0104. The maximum absolute atomic E-state index is 9.49. The number of benzene rings is 2. The van der Waals surface area contributed by atoms with E-state index in [9.17, 15) is 5.11 Å². The molecule has 0 radical (unpaired) electrons. The topological polar surface area (TPSA) is 32.3 Å². The molecule has 0 bridgehead atoms. The highest BCUT2D eigenvalue weighted by Gasteiger charge is 2.11. The molecule has 0 saturated heterocycles. The summed E-state index contributed by atoms with van der Waals surface area (Å²) < 4.78 is 0. The van der Waals surface area contributed by atoms with Crippen LogP contribution in [-0.4, -0.2) is 11.7 Å². The van der Waals surface area contributed by atoms with Crippen LogP contribution in [0.2, 0.25) is 10.0 Å². The van der Waals surface area contributed by atoms with E-state index in [0.717, 1.165) is 11.1 Å². The van der Waals surface area contributed by atoms with Gasteiger partial charge in [-0.3, -0.25) is 0 Å². The van der Waals surface area contributed by atoms with Gasteiger partial charge < -0.3 is 10.4 Å². The summed E-state index contributed by atoms with van der Waals surface area (Å²) in [6.45, 7) is 0.666. The molecule has 0 aliphatic carbocycles. The van der Waals surface area contributed by atoms with Crippen molar-refractivity contribution in [3.63, 3.8) is 0 Å². The smallest absolute Gasteiger partial charge is 0.0626 e. The van der Waals surface area contributed by atoms with Crippen molar-refractivity contribution in [2.24, 2.45) is 0 Å². The van der Waals surface area contributed by atoms with Gasteiger partial charge in [-0.1, -0.05) is 53.5 Å². The van der Waals surface area contributed by atoms with Crippen molar-refractivity contribution >= 4 is 23.2 Å². The van der Waals surface area contributed by atoms with Crippen molar-refractivity contribution in [1.29, 1.82) is 0 Å². The molecule has 1 unspecified atom stereocenters. The first kappa shape index (κ1) is 14.4. The molecule has 2 aromatic carbocycles. The largest absolute Gasteiger partial charge is 0.394 e. The molecular formula is C15H15Cl2NO. The maximum atomic E-state index is 9.49. The Balaban J connectivity index is 2.07. The van der Waals surface area contributed by atoms with Crippen LogP contribution in [0.15, 0.2) is 48.5 Å². The summed E-state index contributed by atoms with van der Waals surface area (Å²) >= 11 is 11.9. The standard InChI is InChI=1S/C15H15Cl2NO/c16-13-6-12(7-14(17)8-13)15(10-19)18-9-11-4-2-1-3-5-11/h1-8,15,18-19H,9-10H2. The van der Waals surface area contributed by atoms with Crippen LogP contribution in [-0.2, 0) is 6.54 Å². The maximum Gasteiger partial charge on any atom is 0.0626 e. The van der Waals surface area contributed by atoms with Gasteiger partial charge in [0.2, 0.25) is 0 Å². The van der Waals surface area contributed by atoms with E-state index in [1.807, 2.05) is 42.5 Å². The summed E-state index contributed by atoms with van der Waals surface area (Å²) in [7, 11) is 0. The highest BCUT2D eigenvalue weighted by Crippen LogP contribution is 2.23. The highest BCUT2D eigenvalue weighted by atomic mass is 35.5. The second kappa shape index (κ2) is 6.92. The van der Waals surface area contributed by atoms with Crippen LogP contribution in [0.1, 0.15) is 17.2 Å². The van der Waals surface area contributed by atoms with E-state index in [4.69, 9.17) is 23.2 Å². The number of halogens is 2. The first-order valence-corrected chi connectivity index (χ1v) is 6.79. The van der Waals surface area contributed by atoms with Crippen molar-refractivity contribution < 1.29 is 5.11 Å². The van der Waals surface area contributed by atoms with Crippen LogP contribution >= 0.6 is 23.2 Å². The van der Waals surface area contributed by atoms with Crippen molar-refractivity contribution in [3.8, 4) is 0 Å². The zero-order chi connectivity index (χ0) is 13.7. The number of hydrogen-bond acceptors (Lipinski definition) is 2. The monoisotopic (exact) mass is 295 g/mol. The van der Waals surface area contributed by atoms with Crippen LogP contribution in [0, 0.1) is 0 Å². The molecule has 2 N–H and O–H groups in total. The van der Waals surface area contributed by atoms with Crippen LogP contribution in [0.3, 0.4) is 0 Å². The van der Waals surface area contributed by atoms with Crippen molar-refractivity contribution in [1.82, 2.24) is 5.32 Å². The second-order valence-corrected chi connectivity index (χ2v) is 5.18. The van der Waals surface area contributed by atoms with Gasteiger partial charge in [0.25, 0.3) is 0 Å². The predicted octanol–water partition coefficient (Wildman–Crippen LogP) is 3.82. The molecule has 1 atom stereocenters. The Hall–Kier alpha value is -1.06. The van der Waals surface area contributed by atoms with E-state index in [1.54, 1.807) is 6.07 Å². The third kappa shape index (κ3) is 4.22. The fourth-order valence-corrected chi connectivity index (χ4v) is 2.44. The molecule has 4 heteroatoms. The van der Waals surface area contributed by atoms with E-state index < -0.39 is 0 Å². The summed E-state index contributed by atoms with van der Waals surface area (Å²) in [6, 6.07) is 15.1. The molecular weight excluding hydrogens is 281 g/mol. The summed E-state index contributed by atoms with van der Waals surface area (Å²) in [4.78, 5) is 0. The average molecular weight is 296 g/mol. The number of nitrogens with one attached hydrogen (secondary N) is 1. The normalized spacial score (nSPS) is 12.4. The van der Waals surface area contributed by atoms with Gasteiger partial charge in [0.15, 0.2) is 0 Å². The van der Waals surface area contributed by atoms with Gasteiger partial charge in [-0.25, -0.2) is 0 Å². The Kier molecular flexibility index (Phi) is 5.23. The molecule has 2 aromatic rings. The van der Waals surface area contributed by atoms with Crippen LogP contribution in [0.25, 0.3) is 0 Å². The Morgan fingerprint density at radius 2 is 1.63 bits per heavy atom. The lowest BCUT2D eigenvalue weighted by Crippen LogP contribution is -2.24. The Morgan fingerprint density at radius 1 is 1.00 bits per heavy atom. The molecule has 2 nitrogen and oxygen atoms in total. The van der Waals surface area contributed by atoms with E-state index in [2.05, 4.69) is 5.32 Å². The van der Waals surface area contributed by atoms with Gasteiger partial charge in [0.05, 0.1) is 12.6 Å². The number of hydrogen-bond donors (Lipinski definition) is 2. The van der Waals surface area contributed by atoms with Gasteiger partial charge in [0.1, 0.15) is 0 Å². The third-order valence-electron chi connectivity index (χ3n) is 2.87. The number of rotatable bonds is 5. The first-order chi connectivity index (χ1) is 9.19. The Bertz CT molecular complexity index is 511. The van der Waals surface area contributed by atoms with Gasteiger partial charge in [-0.05, 0) is 29.3 Å². The molecule has 0 saturated carbocycles. The first-order valence-electron chi connectivity index (χ1n) is 6.03. The fourth-order valence-electron chi connectivity index (χ4n) is 1.90. The summed E-state index contributed by atoms with van der Waals surface area (Å²) in [5, 5.41) is 13.9. The van der Waals surface area contributed by atoms with E-state index >= 15 is 0 Å². The zero-order valence-corrected chi connectivity index (χ0v) is 11.8. The molecule has 100 valence electrons. The SMILES string of the molecule is OCC(NCc1ccccc1)c1cc(Cl)cc(Cl)c1. The molecule has 0 aliphatic heterocycles. The molecule has 2 rings (SSSR count). The van der Waals surface area contributed by atoms with Crippen molar-refractivity contribution in [2.75, 3.05) is 6.61 Å². The second-order valence-electron chi connectivity index (χ2n) is 4.30. The average Bonchev–Trinajstić information content (AvgIpc) is 2.39. The Labute approximate surface area is 123 Å². The minimum atomic E-state index is -0.184. The fraction of sp³-hybridized carbons (Fsp3) is 0.200. The van der Waals surface area contributed by atoms with Crippen LogP contribution < -0.4 is 5.32 Å². The van der Waals surface area contributed by atoms with Gasteiger partial charge in [-0.15, -0.1) is 0 Å². The molecule has 0 aliphatic rings. The molecule has 0 spiro atoms. The quantitative estimate of drug-likeness (QED) is 0.879. The molecule has 0 amide bonds. The molecule has 0 aromatic heterocycles. The highest BCUT2D eigenvalue weighted by molar-refractivity contribution is 6.34. The van der Waals surface area contributed by atoms with Gasteiger partial charge in [-0.2, -0.15) is 0 Å². The summed E-state index contributed by atoms with van der Waals surface area (Å²) in [5.74, 6) is 0. The Morgan fingerprint density at radius 3 is 2.21 bits per heavy atom. The minimum Gasteiger partial charge on any atom is -0.394 e. The number of aliphatic hydroxyl groups excluding tert-OH is 1. The zero-order valence-electron chi connectivity index (χ0n) is 10.3. The van der Waals surface area contributed by atoms with Crippen LogP contribution in [0.4, 0.5) is 0 Å². The lowest BCUT2D eigenvalue weighted by atomic mass is 10.1. The van der Waals surface area contributed by atoms with Gasteiger partial charge >= 0.3 is 0 Å². The number of aliphatic hydroxyl groups is 1. The molecule has 0 fully saturated rings. The summed E-state index contributed by atoms with van der Waals surface area (Å²) in [5.41, 5.74) is 2.05. The van der Waals surface area contributed by atoms with Gasteiger partial charge in [0, 0.05) is 16.6 Å². The van der Waals surface area contributed by atoms with E-state index in [0.29, 0.717) is 16.6 Å².